The van der Waals surface area contributed by atoms with Crippen LogP contribution in [0.3, 0.4) is 0 Å². The highest BCUT2D eigenvalue weighted by Gasteiger charge is 2.43. The summed E-state index contributed by atoms with van der Waals surface area (Å²) in [7, 11) is 0. The van der Waals surface area contributed by atoms with Gasteiger partial charge in [-0.25, -0.2) is 9.48 Å². The summed E-state index contributed by atoms with van der Waals surface area (Å²) < 4.78 is 1.71. The van der Waals surface area contributed by atoms with E-state index in [1.165, 1.54) is 0 Å². The Labute approximate surface area is 161 Å². The number of imide groups is 2. The lowest BCUT2D eigenvalue weighted by atomic mass is 10.1. The van der Waals surface area contributed by atoms with Crippen LogP contribution in [0.4, 0.5) is 4.79 Å². The first-order valence-electron chi connectivity index (χ1n) is 8.97. The molecule has 0 radical (unpaired) electrons. The summed E-state index contributed by atoms with van der Waals surface area (Å²) >= 11 is 0. The minimum atomic E-state index is -0.807. The van der Waals surface area contributed by atoms with Crippen LogP contribution in [-0.2, 0) is 16.1 Å². The maximum atomic E-state index is 12.5. The Morgan fingerprint density at radius 1 is 0.821 bits per heavy atom. The number of urea groups is 1. The second-order valence-electron chi connectivity index (χ2n) is 6.37. The van der Waals surface area contributed by atoms with Crippen molar-refractivity contribution in [3.63, 3.8) is 0 Å². The third-order valence-electron chi connectivity index (χ3n) is 4.64. The van der Waals surface area contributed by atoms with Crippen LogP contribution >= 0.6 is 0 Å². The second kappa shape index (κ2) is 7.11. The molecule has 1 fully saturated rings. The van der Waals surface area contributed by atoms with Crippen LogP contribution in [0.5, 0.6) is 0 Å². The molecule has 1 aliphatic heterocycles. The van der Waals surface area contributed by atoms with Crippen LogP contribution in [0.25, 0.3) is 16.9 Å². The van der Waals surface area contributed by atoms with Crippen molar-refractivity contribution >= 4 is 17.8 Å². The molecule has 0 atom stereocenters. The molecule has 140 valence electrons. The van der Waals surface area contributed by atoms with E-state index < -0.39 is 17.8 Å². The minimum Gasteiger partial charge on any atom is -0.263 e. The third kappa shape index (κ3) is 2.96. The van der Waals surface area contributed by atoms with Crippen molar-refractivity contribution in [2.75, 3.05) is 6.54 Å². The molecule has 1 saturated heterocycles. The number of hydrogen-bond acceptors (Lipinski definition) is 4. The van der Waals surface area contributed by atoms with Gasteiger partial charge < -0.3 is 0 Å². The van der Waals surface area contributed by atoms with Crippen LogP contribution in [0, 0.1) is 0 Å². The lowest BCUT2D eigenvalue weighted by Crippen LogP contribution is -2.32. The highest BCUT2D eigenvalue weighted by molar-refractivity contribution is 6.44. The quantitative estimate of drug-likeness (QED) is 0.508. The van der Waals surface area contributed by atoms with E-state index in [0.717, 1.165) is 21.1 Å². The summed E-state index contributed by atoms with van der Waals surface area (Å²) in [5, 5.41) is 4.67. The first-order valence-corrected chi connectivity index (χ1v) is 8.97. The molecule has 1 aliphatic rings. The number of likely N-dealkylation sites (N-methyl/N-ethyl adjacent to an activating group) is 1. The fourth-order valence-electron chi connectivity index (χ4n) is 3.22. The van der Waals surface area contributed by atoms with Crippen LogP contribution in [-0.4, -0.2) is 44.0 Å². The number of rotatable bonds is 5. The number of carbonyl (C=O) groups is 3. The molecule has 0 unspecified atom stereocenters. The topological polar surface area (TPSA) is 75.5 Å². The number of carbonyl (C=O) groups excluding carboxylic acids is 3. The number of hydrogen-bond donors (Lipinski definition) is 0. The zero-order chi connectivity index (χ0) is 19.7. The van der Waals surface area contributed by atoms with Crippen molar-refractivity contribution in [1.82, 2.24) is 19.6 Å². The van der Waals surface area contributed by atoms with E-state index in [-0.39, 0.29) is 13.1 Å². The van der Waals surface area contributed by atoms with Crippen molar-refractivity contribution in [3.8, 4) is 16.9 Å². The summed E-state index contributed by atoms with van der Waals surface area (Å²) in [6.45, 7) is 1.81. The van der Waals surface area contributed by atoms with Gasteiger partial charge >= 0.3 is 17.8 Å². The molecule has 1 aromatic heterocycles. The van der Waals surface area contributed by atoms with E-state index in [0.29, 0.717) is 11.3 Å². The van der Waals surface area contributed by atoms with Gasteiger partial charge in [-0.05, 0) is 19.1 Å². The average Bonchev–Trinajstić information content (AvgIpc) is 3.24. The summed E-state index contributed by atoms with van der Waals surface area (Å²) in [4.78, 5) is 38.7. The van der Waals surface area contributed by atoms with Gasteiger partial charge in [0.15, 0.2) is 0 Å². The van der Waals surface area contributed by atoms with Gasteiger partial charge in [-0.1, -0.05) is 48.5 Å². The highest BCUT2D eigenvalue weighted by atomic mass is 16.2. The SMILES string of the molecule is CCN1C(=O)C(=O)N(Cc2cn(-c3ccccc3)nc2-c2ccccc2)C1=O. The number of benzene rings is 2. The Bertz CT molecular complexity index is 1040. The first-order chi connectivity index (χ1) is 13.6. The third-order valence-corrected chi connectivity index (χ3v) is 4.64. The fourth-order valence-corrected chi connectivity index (χ4v) is 3.22. The molecule has 4 amide bonds. The average molecular weight is 374 g/mol. The highest BCUT2D eigenvalue weighted by Crippen LogP contribution is 2.26. The van der Waals surface area contributed by atoms with Crippen molar-refractivity contribution < 1.29 is 14.4 Å². The van der Waals surface area contributed by atoms with Gasteiger partial charge in [0.1, 0.15) is 0 Å². The van der Waals surface area contributed by atoms with E-state index in [2.05, 4.69) is 5.10 Å². The predicted octanol–water partition coefficient (Wildman–Crippen LogP) is 2.85. The van der Waals surface area contributed by atoms with Gasteiger partial charge in [0.25, 0.3) is 0 Å². The first kappa shape index (κ1) is 17.7. The zero-order valence-electron chi connectivity index (χ0n) is 15.3. The number of para-hydroxylation sites is 1. The molecular formula is C21H18N4O3. The Morgan fingerprint density at radius 3 is 2.04 bits per heavy atom. The molecule has 2 aromatic carbocycles. The van der Waals surface area contributed by atoms with Gasteiger partial charge in [0.05, 0.1) is 17.9 Å². The normalized spacial score (nSPS) is 14.2. The second-order valence-corrected chi connectivity index (χ2v) is 6.37. The van der Waals surface area contributed by atoms with Crippen LogP contribution in [0.15, 0.2) is 66.9 Å². The summed E-state index contributed by atoms with van der Waals surface area (Å²) in [6, 6.07) is 18.5. The fraction of sp³-hybridized carbons (Fsp3) is 0.143. The Morgan fingerprint density at radius 2 is 1.43 bits per heavy atom. The standard InChI is InChI=1S/C21H18N4O3/c1-2-23-19(26)20(27)24(21(23)28)13-16-14-25(17-11-7-4-8-12-17)22-18(16)15-9-5-3-6-10-15/h3-12,14H,2,13H2,1H3. The van der Waals surface area contributed by atoms with Gasteiger partial charge in [-0.2, -0.15) is 5.10 Å². The van der Waals surface area contributed by atoms with E-state index in [1.807, 2.05) is 60.7 Å². The molecule has 0 spiro atoms. The Kier molecular flexibility index (Phi) is 4.49. The maximum Gasteiger partial charge on any atom is 0.334 e. The van der Waals surface area contributed by atoms with Gasteiger partial charge in [-0.3, -0.25) is 19.4 Å². The molecule has 4 rings (SSSR count). The summed E-state index contributed by atoms with van der Waals surface area (Å²) in [5.74, 6) is -1.59. The summed E-state index contributed by atoms with van der Waals surface area (Å²) in [5.41, 5.74) is 3.07. The Balaban J connectivity index is 1.76. The molecular weight excluding hydrogens is 356 g/mol. The van der Waals surface area contributed by atoms with Crippen LogP contribution in [0.1, 0.15) is 12.5 Å². The van der Waals surface area contributed by atoms with E-state index in [1.54, 1.807) is 17.8 Å². The number of aromatic nitrogens is 2. The van der Waals surface area contributed by atoms with E-state index in [9.17, 15) is 14.4 Å². The van der Waals surface area contributed by atoms with Gasteiger partial charge in [0.2, 0.25) is 0 Å². The van der Waals surface area contributed by atoms with Crippen molar-refractivity contribution in [1.29, 1.82) is 0 Å². The molecule has 3 aromatic rings. The van der Waals surface area contributed by atoms with Crippen LogP contribution < -0.4 is 0 Å². The minimum absolute atomic E-state index is 0.0169. The maximum absolute atomic E-state index is 12.5. The summed E-state index contributed by atoms with van der Waals surface area (Å²) in [6.07, 6.45) is 1.79. The molecule has 7 heteroatoms. The lowest BCUT2D eigenvalue weighted by Gasteiger charge is -2.14. The molecule has 0 N–H and O–H groups in total. The molecule has 2 heterocycles. The van der Waals surface area contributed by atoms with Gasteiger partial charge in [-0.15, -0.1) is 0 Å². The van der Waals surface area contributed by atoms with E-state index in [4.69, 9.17) is 0 Å². The molecule has 0 saturated carbocycles. The lowest BCUT2D eigenvalue weighted by molar-refractivity contribution is -0.143. The monoisotopic (exact) mass is 374 g/mol. The zero-order valence-corrected chi connectivity index (χ0v) is 15.3. The van der Waals surface area contributed by atoms with Crippen molar-refractivity contribution in [3.05, 3.63) is 72.4 Å². The van der Waals surface area contributed by atoms with Crippen LogP contribution in [0.2, 0.25) is 0 Å². The van der Waals surface area contributed by atoms with E-state index >= 15 is 0 Å². The molecule has 28 heavy (non-hydrogen) atoms. The van der Waals surface area contributed by atoms with Crippen molar-refractivity contribution in [2.24, 2.45) is 0 Å². The van der Waals surface area contributed by atoms with Crippen molar-refractivity contribution in [2.45, 2.75) is 13.5 Å². The Hall–Kier alpha value is -3.74. The molecule has 7 nitrogen and oxygen atoms in total. The smallest absolute Gasteiger partial charge is 0.263 e. The largest absolute Gasteiger partial charge is 0.334 e. The van der Waals surface area contributed by atoms with Gasteiger partial charge in [0, 0.05) is 23.9 Å². The predicted molar refractivity (Wildman–Crippen MR) is 102 cm³/mol. The molecule has 0 aliphatic carbocycles. The molecule has 0 bridgehead atoms. The number of nitrogens with zero attached hydrogens (tertiary/aromatic N) is 4. The number of amides is 4.